The van der Waals surface area contributed by atoms with E-state index in [-0.39, 0.29) is 5.92 Å². The molecule has 0 radical (unpaired) electrons. The number of nitriles is 1. The van der Waals surface area contributed by atoms with Crippen molar-refractivity contribution in [2.24, 2.45) is 5.92 Å². The van der Waals surface area contributed by atoms with Crippen molar-refractivity contribution in [3.63, 3.8) is 0 Å². The van der Waals surface area contributed by atoms with Crippen molar-refractivity contribution in [1.82, 2.24) is 9.13 Å². The highest BCUT2D eigenvalue weighted by Gasteiger charge is 2.19. The van der Waals surface area contributed by atoms with Gasteiger partial charge in [-0.05, 0) is 65.2 Å². The zero-order valence-electron chi connectivity index (χ0n) is 25.1. The van der Waals surface area contributed by atoms with Gasteiger partial charge in [0.25, 0.3) is 0 Å². The maximum absolute atomic E-state index is 9.63. The number of para-hydroxylation sites is 3. The third kappa shape index (κ3) is 4.05. The summed E-state index contributed by atoms with van der Waals surface area (Å²) in [5.41, 5.74) is 11.8. The maximum Gasteiger partial charge on any atom is 0.0701 e. The van der Waals surface area contributed by atoms with Crippen LogP contribution in [-0.2, 0) is 0 Å². The molecule has 1 unspecified atom stereocenters. The summed E-state index contributed by atoms with van der Waals surface area (Å²) in [4.78, 5) is 0. The summed E-state index contributed by atoms with van der Waals surface area (Å²) in [6, 6.07) is 52.8. The van der Waals surface area contributed by atoms with E-state index >= 15 is 0 Å². The van der Waals surface area contributed by atoms with Gasteiger partial charge in [-0.2, -0.15) is 5.26 Å². The van der Waals surface area contributed by atoms with E-state index < -0.39 is 0 Å². The van der Waals surface area contributed by atoms with Gasteiger partial charge < -0.3 is 9.13 Å². The number of benzene rings is 6. The molecule has 0 bridgehead atoms. The van der Waals surface area contributed by atoms with Gasteiger partial charge in [0.15, 0.2) is 0 Å². The van der Waals surface area contributed by atoms with Crippen molar-refractivity contribution in [2.45, 2.75) is 6.42 Å². The first kappa shape index (κ1) is 26.3. The smallest absolute Gasteiger partial charge is 0.0701 e. The van der Waals surface area contributed by atoms with Crippen LogP contribution in [0.5, 0.6) is 0 Å². The Kier molecular flexibility index (Phi) is 6.01. The molecule has 3 nitrogen and oxygen atoms in total. The van der Waals surface area contributed by atoms with Gasteiger partial charge >= 0.3 is 0 Å². The molecule has 2 aromatic heterocycles. The number of nitrogens with zero attached hydrogens (tertiary/aromatic N) is 3. The third-order valence-electron chi connectivity index (χ3n) is 9.42. The lowest BCUT2D eigenvalue weighted by atomic mass is 9.99. The molecule has 46 heavy (non-hydrogen) atoms. The summed E-state index contributed by atoms with van der Waals surface area (Å²) in [6.07, 6.45) is 6.86. The maximum atomic E-state index is 9.63. The number of rotatable bonds is 4. The molecule has 1 aliphatic carbocycles. The number of hydrogen-bond acceptors (Lipinski definition) is 1. The molecule has 216 valence electrons. The van der Waals surface area contributed by atoms with Gasteiger partial charge in [-0.25, -0.2) is 0 Å². The molecule has 1 aliphatic rings. The second kappa shape index (κ2) is 10.5. The molecule has 1 atom stereocenters. The van der Waals surface area contributed by atoms with Crippen LogP contribution in [0.15, 0.2) is 158 Å². The number of allylic oxidation sites excluding steroid dienone is 4. The first-order valence-electron chi connectivity index (χ1n) is 15.8. The van der Waals surface area contributed by atoms with E-state index in [1.165, 1.54) is 71.6 Å². The van der Waals surface area contributed by atoms with Crippen molar-refractivity contribution < 1.29 is 0 Å². The van der Waals surface area contributed by atoms with E-state index in [0.717, 1.165) is 5.70 Å². The van der Waals surface area contributed by atoms with Crippen molar-refractivity contribution in [1.29, 1.82) is 5.26 Å². The molecule has 0 N–H and O–H groups in total. The second-order valence-electron chi connectivity index (χ2n) is 12.0. The average Bonchev–Trinajstić information content (AvgIpc) is 3.64. The average molecular weight is 588 g/mol. The lowest BCUT2D eigenvalue weighted by molar-refractivity contribution is 0.822. The number of aromatic nitrogens is 2. The standard InChI is InChI=1S/C43H29N3/c44-28-29-11-10-14-33(25-29)45-40-19-8-5-16-35(40)37-26-31(21-23-42(37)45)32-22-24-43-38(27-32)36-17-6-9-20-41(36)46(43)39-18-7-4-15-34(39)30-12-2-1-3-13-30/h1-24,26-27,29H,25H2. The van der Waals surface area contributed by atoms with Crippen LogP contribution in [0.2, 0.25) is 0 Å². The molecule has 2 heterocycles. The molecular formula is C43H29N3. The van der Waals surface area contributed by atoms with Crippen LogP contribution in [0.1, 0.15) is 6.42 Å². The summed E-state index contributed by atoms with van der Waals surface area (Å²) in [5, 5.41) is 14.5. The van der Waals surface area contributed by atoms with E-state index in [9.17, 15) is 5.26 Å². The van der Waals surface area contributed by atoms with E-state index in [1.807, 2.05) is 12.2 Å². The molecule has 0 aliphatic heterocycles. The van der Waals surface area contributed by atoms with Crippen LogP contribution in [0, 0.1) is 17.2 Å². The monoisotopic (exact) mass is 587 g/mol. The summed E-state index contributed by atoms with van der Waals surface area (Å²) in [6.45, 7) is 0. The largest absolute Gasteiger partial charge is 0.313 e. The van der Waals surface area contributed by atoms with Crippen LogP contribution in [0.25, 0.3) is 77.2 Å². The van der Waals surface area contributed by atoms with Gasteiger partial charge in [-0.1, -0.05) is 109 Å². The van der Waals surface area contributed by atoms with E-state index in [4.69, 9.17) is 0 Å². The minimum absolute atomic E-state index is 0.107. The summed E-state index contributed by atoms with van der Waals surface area (Å²) < 4.78 is 4.75. The van der Waals surface area contributed by atoms with Gasteiger partial charge in [-0.3, -0.25) is 0 Å². The highest BCUT2D eigenvalue weighted by molar-refractivity contribution is 6.13. The molecule has 8 aromatic rings. The fourth-order valence-corrected chi connectivity index (χ4v) is 7.32. The van der Waals surface area contributed by atoms with Gasteiger partial charge in [-0.15, -0.1) is 0 Å². The fourth-order valence-electron chi connectivity index (χ4n) is 7.32. The molecule has 0 amide bonds. The van der Waals surface area contributed by atoms with E-state index in [0.29, 0.717) is 6.42 Å². The highest BCUT2D eigenvalue weighted by Crippen LogP contribution is 2.40. The topological polar surface area (TPSA) is 33.6 Å². The Bertz CT molecular complexity index is 2570. The second-order valence-corrected chi connectivity index (χ2v) is 12.0. The normalized spacial score (nSPS) is 14.7. The predicted molar refractivity (Wildman–Crippen MR) is 192 cm³/mol. The zero-order valence-corrected chi connectivity index (χ0v) is 25.1. The summed E-state index contributed by atoms with van der Waals surface area (Å²) in [5.74, 6) is -0.107. The molecule has 0 saturated carbocycles. The predicted octanol–water partition coefficient (Wildman–Crippen LogP) is 11.2. The van der Waals surface area contributed by atoms with Crippen LogP contribution < -0.4 is 0 Å². The zero-order chi connectivity index (χ0) is 30.6. The van der Waals surface area contributed by atoms with Crippen LogP contribution >= 0.6 is 0 Å². The van der Waals surface area contributed by atoms with Crippen molar-refractivity contribution in [2.75, 3.05) is 0 Å². The van der Waals surface area contributed by atoms with Crippen molar-refractivity contribution in [3.05, 3.63) is 158 Å². The first-order valence-corrected chi connectivity index (χ1v) is 15.8. The van der Waals surface area contributed by atoms with Gasteiger partial charge in [0.1, 0.15) is 0 Å². The SMILES string of the molecule is N#CC1C=CC=C(n2c3ccccc3c3cc(-c4ccc5c(c4)c4ccccc4n5-c4ccccc4-c4ccccc4)ccc32)C1. The van der Waals surface area contributed by atoms with Gasteiger partial charge in [0, 0.05) is 39.2 Å². The van der Waals surface area contributed by atoms with Crippen LogP contribution in [0.4, 0.5) is 0 Å². The van der Waals surface area contributed by atoms with E-state index in [1.54, 1.807) is 0 Å². The molecule has 3 heteroatoms. The Morgan fingerprint density at radius 1 is 0.522 bits per heavy atom. The Balaban J connectivity index is 1.23. The lowest BCUT2D eigenvalue weighted by Crippen LogP contribution is -2.05. The molecule has 6 aromatic carbocycles. The van der Waals surface area contributed by atoms with Crippen molar-refractivity contribution >= 4 is 49.3 Å². The summed E-state index contributed by atoms with van der Waals surface area (Å²) in [7, 11) is 0. The minimum atomic E-state index is -0.107. The van der Waals surface area contributed by atoms with Crippen molar-refractivity contribution in [3.8, 4) is 34.0 Å². The first-order chi connectivity index (χ1) is 22.8. The van der Waals surface area contributed by atoms with E-state index in [2.05, 4.69) is 161 Å². The van der Waals surface area contributed by atoms with Gasteiger partial charge in [0.05, 0.1) is 39.7 Å². The molecule has 0 fully saturated rings. The summed E-state index contributed by atoms with van der Waals surface area (Å²) >= 11 is 0. The molecule has 9 rings (SSSR count). The van der Waals surface area contributed by atoms with Crippen LogP contribution in [-0.4, -0.2) is 9.13 Å². The third-order valence-corrected chi connectivity index (χ3v) is 9.42. The van der Waals surface area contributed by atoms with Gasteiger partial charge in [0.2, 0.25) is 0 Å². The Morgan fingerprint density at radius 2 is 1.09 bits per heavy atom. The highest BCUT2D eigenvalue weighted by atomic mass is 15.0. The molecular weight excluding hydrogens is 558 g/mol. The lowest BCUT2D eigenvalue weighted by Gasteiger charge is -2.16. The quantitative estimate of drug-likeness (QED) is 0.202. The number of hydrogen-bond donors (Lipinski definition) is 0. The Morgan fingerprint density at radius 3 is 1.78 bits per heavy atom. The molecule has 0 spiro atoms. The number of fused-ring (bicyclic) bond motifs is 6. The minimum Gasteiger partial charge on any atom is -0.313 e. The van der Waals surface area contributed by atoms with Crippen LogP contribution in [0.3, 0.4) is 0 Å². The Hall–Kier alpha value is -6.11. The molecule has 0 saturated heterocycles. The Labute approximate surface area is 267 Å². The fraction of sp³-hybridized carbons (Fsp3) is 0.0465.